The molecular formula is C22H17N4O5S-. The first-order chi connectivity index (χ1) is 15.4. The van der Waals surface area contributed by atoms with E-state index in [2.05, 4.69) is 20.0 Å². The molecule has 0 bridgehead atoms. The number of carbonyl (C=O) groups excluding carboxylic acids is 1. The van der Waals surface area contributed by atoms with Crippen molar-refractivity contribution in [2.75, 3.05) is 17.1 Å². The van der Waals surface area contributed by atoms with Gasteiger partial charge in [-0.1, -0.05) is 24.3 Å². The Kier molecular flexibility index (Phi) is 5.61. The Morgan fingerprint density at radius 2 is 1.56 bits per heavy atom. The van der Waals surface area contributed by atoms with E-state index in [0.717, 1.165) is 0 Å². The number of aromatic carboxylic acids is 1. The third-order valence-electron chi connectivity index (χ3n) is 4.53. The molecule has 9 nitrogen and oxygen atoms in total. The number of rotatable bonds is 7. The molecule has 0 aliphatic rings. The zero-order valence-electron chi connectivity index (χ0n) is 16.8. The van der Waals surface area contributed by atoms with Crippen molar-refractivity contribution in [1.29, 1.82) is 0 Å². The van der Waals surface area contributed by atoms with Gasteiger partial charge in [0, 0.05) is 5.69 Å². The van der Waals surface area contributed by atoms with E-state index in [1.165, 1.54) is 49.6 Å². The number of carboxylic acids is 1. The number of para-hydroxylation sites is 2. The van der Waals surface area contributed by atoms with E-state index in [-0.39, 0.29) is 22.1 Å². The van der Waals surface area contributed by atoms with Crippen LogP contribution in [0.5, 0.6) is 5.75 Å². The summed E-state index contributed by atoms with van der Waals surface area (Å²) in [5.41, 5.74) is 1.35. The van der Waals surface area contributed by atoms with E-state index in [1.807, 2.05) is 0 Å². The van der Waals surface area contributed by atoms with Gasteiger partial charge in [-0.2, -0.15) is 0 Å². The summed E-state index contributed by atoms with van der Waals surface area (Å²) in [6, 6.07) is 18.7. The Balaban J connectivity index is 1.75. The summed E-state index contributed by atoms with van der Waals surface area (Å²) >= 11 is 0. The molecule has 4 aromatic rings. The minimum absolute atomic E-state index is 0.0122. The van der Waals surface area contributed by atoms with Crippen LogP contribution < -0.4 is 19.9 Å². The highest BCUT2D eigenvalue weighted by Crippen LogP contribution is 2.27. The molecule has 10 heteroatoms. The molecule has 0 atom stereocenters. The van der Waals surface area contributed by atoms with Crippen LogP contribution in [0, 0.1) is 0 Å². The van der Waals surface area contributed by atoms with Crippen LogP contribution in [0.1, 0.15) is 10.4 Å². The minimum Gasteiger partial charge on any atom is -0.545 e. The van der Waals surface area contributed by atoms with Crippen LogP contribution in [-0.2, 0) is 10.0 Å². The van der Waals surface area contributed by atoms with Crippen molar-refractivity contribution in [2.45, 2.75) is 4.90 Å². The van der Waals surface area contributed by atoms with Crippen LogP contribution in [0.25, 0.3) is 11.0 Å². The predicted molar refractivity (Wildman–Crippen MR) is 117 cm³/mol. The number of nitrogens with one attached hydrogen (secondary N) is 2. The Labute approximate surface area is 183 Å². The third-order valence-corrected chi connectivity index (χ3v) is 5.89. The highest BCUT2D eigenvalue weighted by molar-refractivity contribution is 7.92. The van der Waals surface area contributed by atoms with Gasteiger partial charge in [-0.05, 0) is 54.1 Å². The summed E-state index contributed by atoms with van der Waals surface area (Å²) in [4.78, 5) is 20.1. The molecular weight excluding hydrogens is 432 g/mol. The average Bonchev–Trinajstić information content (AvgIpc) is 2.79. The summed E-state index contributed by atoms with van der Waals surface area (Å²) in [5, 5.41) is 14.1. The molecule has 0 aliphatic heterocycles. The number of hydrogen-bond acceptors (Lipinski definition) is 8. The number of carbonyl (C=O) groups is 1. The van der Waals surface area contributed by atoms with Crippen LogP contribution in [0.4, 0.5) is 17.3 Å². The van der Waals surface area contributed by atoms with Gasteiger partial charge in [0.05, 0.1) is 29.0 Å². The standard InChI is InChI=1S/C22H18N4O5S/c1-31-16-9-11-17(12-10-16)32(29,30)26-21-20(24-18-7-2-3-8-19(18)25-21)23-15-6-4-5-14(13-15)22(27)28/h2-13H,1H3,(H,23,24)(H,25,26)(H,27,28)/p-1. The van der Waals surface area contributed by atoms with E-state index >= 15 is 0 Å². The number of sulfonamides is 1. The van der Waals surface area contributed by atoms with Gasteiger partial charge in [-0.15, -0.1) is 0 Å². The van der Waals surface area contributed by atoms with Crippen LogP contribution in [-0.4, -0.2) is 31.5 Å². The lowest BCUT2D eigenvalue weighted by molar-refractivity contribution is -0.255. The zero-order valence-corrected chi connectivity index (χ0v) is 17.6. The number of aromatic nitrogens is 2. The second-order valence-electron chi connectivity index (χ2n) is 6.68. The van der Waals surface area contributed by atoms with Gasteiger partial charge in [-0.25, -0.2) is 18.4 Å². The first kappa shape index (κ1) is 21.1. The first-order valence-corrected chi connectivity index (χ1v) is 10.9. The molecule has 0 amide bonds. The summed E-state index contributed by atoms with van der Waals surface area (Å²) in [6.45, 7) is 0. The van der Waals surface area contributed by atoms with E-state index in [1.54, 1.807) is 30.3 Å². The summed E-state index contributed by atoms with van der Waals surface area (Å²) in [5.74, 6) is -0.752. The van der Waals surface area contributed by atoms with Crippen molar-refractivity contribution in [2.24, 2.45) is 0 Å². The second kappa shape index (κ2) is 8.52. The Bertz CT molecular complexity index is 1410. The molecule has 32 heavy (non-hydrogen) atoms. The summed E-state index contributed by atoms with van der Waals surface area (Å²) < 4.78 is 33.4. The molecule has 0 spiro atoms. The van der Waals surface area contributed by atoms with E-state index < -0.39 is 16.0 Å². The average molecular weight is 449 g/mol. The lowest BCUT2D eigenvalue weighted by Crippen LogP contribution is -2.22. The van der Waals surface area contributed by atoms with Crippen LogP contribution in [0.15, 0.2) is 77.7 Å². The van der Waals surface area contributed by atoms with Gasteiger partial charge in [0.2, 0.25) is 0 Å². The Hall–Kier alpha value is -4.18. The zero-order chi connectivity index (χ0) is 22.7. The molecule has 0 saturated heterocycles. The normalized spacial score (nSPS) is 11.2. The number of ether oxygens (including phenoxy) is 1. The van der Waals surface area contributed by atoms with Gasteiger partial charge >= 0.3 is 0 Å². The molecule has 162 valence electrons. The molecule has 0 fully saturated rings. The molecule has 0 unspecified atom stereocenters. The molecule has 2 N–H and O–H groups in total. The van der Waals surface area contributed by atoms with E-state index in [4.69, 9.17) is 4.74 Å². The molecule has 3 aromatic carbocycles. The van der Waals surface area contributed by atoms with Crippen molar-refractivity contribution in [3.63, 3.8) is 0 Å². The smallest absolute Gasteiger partial charge is 0.263 e. The van der Waals surface area contributed by atoms with Gasteiger partial charge in [0.15, 0.2) is 11.6 Å². The fraction of sp³-hybridized carbons (Fsp3) is 0.0455. The maximum atomic E-state index is 13.0. The molecule has 1 aromatic heterocycles. The van der Waals surface area contributed by atoms with Gasteiger partial charge < -0.3 is 20.0 Å². The molecule has 0 saturated carbocycles. The second-order valence-corrected chi connectivity index (χ2v) is 8.37. The number of carboxylic acid groups (broad SMARTS) is 1. The topological polar surface area (TPSA) is 133 Å². The number of fused-ring (bicyclic) bond motifs is 1. The number of nitrogens with zero attached hydrogens (tertiary/aromatic N) is 2. The fourth-order valence-corrected chi connectivity index (χ4v) is 3.97. The van der Waals surface area contributed by atoms with Gasteiger partial charge in [0.25, 0.3) is 10.0 Å². The minimum atomic E-state index is -4.00. The van der Waals surface area contributed by atoms with Crippen molar-refractivity contribution >= 4 is 44.3 Å². The summed E-state index contributed by atoms with van der Waals surface area (Å²) in [6.07, 6.45) is 0. The lowest BCUT2D eigenvalue weighted by atomic mass is 10.2. The number of anilines is 3. The van der Waals surface area contributed by atoms with Crippen molar-refractivity contribution < 1.29 is 23.1 Å². The Morgan fingerprint density at radius 3 is 2.19 bits per heavy atom. The molecule has 0 radical (unpaired) electrons. The highest BCUT2D eigenvalue weighted by atomic mass is 32.2. The number of benzene rings is 3. The predicted octanol–water partition coefficient (Wildman–Crippen LogP) is 2.55. The monoisotopic (exact) mass is 449 g/mol. The number of hydrogen-bond donors (Lipinski definition) is 2. The van der Waals surface area contributed by atoms with Crippen LogP contribution in [0.2, 0.25) is 0 Å². The lowest BCUT2D eigenvalue weighted by Gasteiger charge is -2.14. The Morgan fingerprint density at radius 1 is 0.906 bits per heavy atom. The number of methoxy groups -OCH3 is 1. The summed E-state index contributed by atoms with van der Waals surface area (Å²) in [7, 11) is -2.51. The maximum Gasteiger partial charge on any atom is 0.263 e. The highest BCUT2D eigenvalue weighted by Gasteiger charge is 2.19. The van der Waals surface area contributed by atoms with E-state index in [9.17, 15) is 18.3 Å². The molecule has 1 heterocycles. The fourth-order valence-electron chi connectivity index (χ4n) is 2.96. The molecule has 4 rings (SSSR count). The molecule has 0 aliphatic carbocycles. The third kappa shape index (κ3) is 4.44. The van der Waals surface area contributed by atoms with Crippen LogP contribution in [0.3, 0.4) is 0 Å². The first-order valence-electron chi connectivity index (χ1n) is 9.38. The van der Waals surface area contributed by atoms with Crippen molar-refractivity contribution in [3.8, 4) is 5.75 Å². The van der Waals surface area contributed by atoms with E-state index in [0.29, 0.717) is 22.5 Å². The SMILES string of the molecule is COc1ccc(S(=O)(=O)Nc2nc3ccccc3nc2Nc2cccc(C(=O)[O-])c2)cc1. The largest absolute Gasteiger partial charge is 0.545 e. The van der Waals surface area contributed by atoms with Crippen LogP contribution >= 0.6 is 0 Å². The van der Waals surface area contributed by atoms with Crippen molar-refractivity contribution in [1.82, 2.24) is 9.97 Å². The van der Waals surface area contributed by atoms with Gasteiger partial charge in [-0.3, -0.25) is 4.72 Å². The maximum absolute atomic E-state index is 13.0. The van der Waals surface area contributed by atoms with Crippen molar-refractivity contribution in [3.05, 3.63) is 78.4 Å². The quantitative estimate of drug-likeness (QED) is 0.440. The van der Waals surface area contributed by atoms with Gasteiger partial charge in [0.1, 0.15) is 5.75 Å².